The highest BCUT2D eigenvalue weighted by molar-refractivity contribution is 5.92. The third-order valence-corrected chi connectivity index (χ3v) is 4.66. The van der Waals surface area contributed by atoms with E-state index in [9.17, 15) is 19.8 Å². The highest BCUT2D eigenvalue weighted by atomic mass is 16.4. The number of carbonyl (C=O) groups is 2. The minimum atomic E-state index is -0.992. The molecule has 3 aromatic carbocycles. The fourth-order valence-corrected chi connectivity index (χ4v) is 3.42. The summed E-state index contributed by atoms with van der Waals surface area (Å²) in [6.45, 7) is 0. The van der Waals surface area contributed by atoms with Crippen molar-refractivity contribution in [3.05, 3.63) is 80.8 Å². The Morgan fingerprint density at radius 3 is 2.12 bits per heavy atom. The first-order chi connectivity index (χ1) is 12.5. The van der Waals surface area contributed by atoms with Gasteiger partial charge < -0.3 is 10.2 Å². The van der Waals surface area contributed by atoms with Gasteiger partial charge >= 0.3 is 11.9 Å². The molecule has 0 bridgehead atoms. The summed E-state index contributed by atoms with van der Waals surface area (Å²) in [6.07, 6.45) is 0. The summed E-state index contributed by atoms with van der Waals surface area (Å²) in [5.41, 5.74) is 3.43. The Kier molecular flexibility index (Phi) is 2.72. The second-order valence-electron chi connectivity index (χ2n) is 6.18. The smallest absolute Gasteiger partial charge is 0.335 e. The van der Waals surface area contributed by atoms with Gasteiger partial charge in [0.15, 0.2) is 0 Å². The zero-order valence-electron chi connectivity index (χ0n) is 13.2. The lowest BCUT2D eigenvalue weighted by molar-refractivity contribution is 0.0686. The SMILES string of the molecule is O=C(O)c1ccc2c(c1)-c1cc3c(cc1=N2)N=c1ccc(C(=O)O)cc1=3. The number of aromatic carboxylic acids is 2. The maximum absolute atomic E-state index is 11.3. The van der Waals surface area contributed by atoms with Crippen LogP contribution < -0.4 is 10.7 Å². The predicted octanol–water partition coefficient (Wildman–Crippen LogP) is 2.57. The zero-order valence-corrected chi connectivity index (χ0v) is 13.2. The van der Waals surface area contributed by atoms with Crippen molar-refractivity contribution in [3.8, 4) is 11.1 Å². The number of carboxylic acids is 2. The van der Waals surface area contributed by atoms with Crippen LogP contribution in [0.2, 0.25) is 0 Å². The molecule has 2 aliphatic rings. The summed E-state index contributed by atoms with van der Waals surface area (Å²) >= 11 is 0. The summed E-state index contributed by atoms with van der Waals surface area (Å²) in [5, 5.41) is 21.5. The van der Waals surface area contributed by atoms with Gasteiger partial charge in [0.05, 0.1) is 33.2 Å². The second kappa shape index (κ2) is 4.86. The van der Waals surface area contributed by atoms with Crippen LogP contribution in [0.3, 0.4) is 0 Å². The van der Waals surface area contributed by atoms with E-state index in [0.717, 1.165) is 32.6 Å². The van der Waals surface area contributed by atoms with Gasteiger partial charge in [-0.1, -0.05) is 0 Å². The maximum atomic E-state index is 11.3. The Morgan fingerprint density at radius 2 is 1.35 bits per heavy atom. The van der Waals surface area contributed by atoms with E-state index in [1.807, 2.05) is 12.1 Å². The average molecular weight is 342 g/mol. The fraction of sp³-hybridized carbons (Fsp3) is 0. The molecule has 0 saturated carbocycles. The van der Waals surface area contributed by atoms with Gasteiger partial charge in [0.1, 0.15) is 0 Å². The Bertz CT molecular complexity index is 1390. The standard InChI is InChI=1S/C20H10N2O4/c23-19(24)9-1-3-15-11(5-9)13-7-14-12-6-10(20(25)26)2-4-16(12)22-18(14)8-17(13)21-15/h1-8H,(H,23,24)(H,25,26). The van der Waals surface area contributed by atoms with Crippen molar-refractivity contribution in [2.24, 2.45) is 9.98 Å². The molecule has 0 atom stereocenters. The molecular weight excluding hydrogens is 332 g/mol. The second-order valence-corrected chi connectivity index (χ2v) is 6.18. The van der Waals surface area contributed by atoms with Gasteiger partial charge in [-0.2, -0.15) is 0 Å². The van der Waals surface area contributed by atoms with Crippen LogP contribution in [-0.2, 0) is 0 Å². The van der Waals surface area contributed by atoms with Gasteiger partial charge in [0, 0.05) is 21.6 Å². The molecule has 3 aromatic rings. The lowest BCUT2D eigenvalue weighted by Gasteiger charge is -2.02. The molecule has 0 fully saturated rings. The van der Waals surface area contributed by atoms with Crippen molar-refractivity contribution in [2.75, 3.05) is 0 Å². The van der Waals surface area contributed by atoms with E-state index in [1.54, 1.807) is 24.3 Å². The Labute approximate surface area is 145 Å². The molecule has 6 heteroatoms. The summed E-state index contributed by atoms with van der Waals surface area (Å²) in [7, 11) is 0. The molecule has 26 heavy (non-hydrogen) atoms. The monoisotopic (exact) mass is 342 g/mol. The van der Waals surface area contributed by atoms with Gasteiger partial charge in [-0.3, -0.25) is 0 Å². The van der Waals surface area contributed by atoms with Crippen molar-refractivity contribution in [2.45, 2.75) is 0 Å². The molecule has 0 saturated heterocycles. The molecule has 6 nitrogen and oxygen atoms in total. The molecule has 0 aromatic heterocycles. The minimum Gasteiger partial charge on any atom is -0.478 e. The van der Waals surface area contributed by atoms with Crippen LogP contribution in [0.25, 0.3) is 11.1 Å². The first-order valence-electron chi connectivity index (χ1n) is 7.88. The van der Waals surface area contributed by atoms with Gasteiger partial charge in [-0.05, 0) is 48.5 Å². The number of hydrogen-bond acceptors (Lipinski definition) is 4. The highest BCUT2D eigenvalue weighted by Crippen LogP contribution is 2.35. The zero-order chi connectivity index (χ0) is 18.0. The number of nitrogens with zero attached hydrogens (tertiary/aromatic N) is 2. The summed E-state index contributed by atoms with van der Waals surface area (Å²) in [5.74, 6) is -1.98. The fourth-order valence-electron chi connectivity index (χ4n) is 3.42. The molecule has 2 heterocycles. The quantitative estimate of drug-likeness (QED) is 0.515. The topological polar surface area (TPSA) is 99.3 Å². The average Bonchev–Trinajstić information content (AvgIpc) is 3.15. The number of benzene rings is 3. The first-order valence-corrected chi connectivity index (χ1v) is 7.88. The molecule has 2 aliphatic heterocycles. The first kappa shape index (κ1) is 14.5. The molecule has 0 amide bonds. The van der Waals surface area contributed by atoms with E-state index in [4.69, 9.17) is 0 Å². The third kappa shape index (κ3) is 1.92. The summed E-state index contributed by atoms with van der Waals surface area (Å²) < 4.78 is 0. The summed E-state index contributed by atoms with van der Waals surface area (Å²) in [6, 6.07) is 13.4. The Morgan fingerprint density at radius 1 is 0.654 bits per heavy atom. The Balaban J connectivity index is 1.84. The molecule has 0 aliphatic carbocycles. The van der Waals surface area contributed by atoms with Gasteiger partial charge in [-0.15, -0.1) is 0 Å². The number of hydrogen-bond donors (Lipinski definition) is 2. The van der Waals surface area contributed by atoms with Crippen LogP contribution in [0.15, 0.2) is 58.5 Å². The van der Waals surface area contributed by atoms with Crippen LogP contribution >= 0.6 is 0 Å². The molecular formula is C20H10N2O4. The van der Waals surface area contributed by atoms with E-state index < -0.39 is 11.9 Å². The van der Waals surface area contributed by atoms with E-state index >= 15 is 0 Å². The van der Waals surface area contributed by atoms with Crippen LogP contribution in [0, 0.1) is 10.4 Å². The molecule has 2 N–H and O–H groups in total. The maximum Gasteiger partial charge on any atom is 0.335 e. The van der Waals surface area contributed by atoms with Crippen LogP contribution in [0.5, 0.6) is 0 Å². The molecule has 0 spiro atoms. The van der Waals surface area contributed by atoms with Crippen molar-refractivity contribution in [3.63, 3.8) is 0 Å². The molecule has 124 valence electrons. The predicted molar refractivity (Wildman–Crippen MR) is 91.5 cm³/mol. The highest BCUT2D eigenvalue weighted by Gasteiger charge is 2.18. The molecule has 5 rings (SSSR count). The summed E-state index contributed by atoms with van der Waals surface area (Å²) in [4.78, 5) is 31.6. The van der Waals surface area contributed by atoms with Crippen molar-refractivity contribution >= 4 is 23.3 Å². The number of fused-ring (bicyclic) bond motifs is 5. The van der Waals surface area contributed by atoms with Gasteiger partial charge in [0.2, 0.25) is 0 Å². The Hall–Kier alpha value is -3.80. The molecule has 0 radical (unpaired) electrons. The van der Waals surface area contributed by atoms with E-state index in [2.05, 4.69) is 9.98 Å². The normalized spacial score (nSPS) is 12.3. The largest absolute Gasteiger partial charge is 0.478 e. The number of carboxylic acid groups (broad SMARTS) is 2. The minimum absolute atomic E-state index is 0.200. The third-order valence-electron chi connectivity index (χ3n) is 4.66. The van der Waals surface area contributed by atoms with Gasteiger partial charge in [-0.25, -0.2) is 19.6 Å². The van der Waals surface area contributed by atoms with E-state index in [-0.39, 0.29) is 11.1 Å². The van der Waals surface area contributed by atoms with Crippen molar-refractivity contribution in [1.29, 1.82) is 0 Å². The van der Waals surface area contributed by atoms with E-state index in [1.165, 1.54) is 12.1 Å². The van der Waals surface area contributed by atoms with Crippen LogP contribution in [0.4, 0.5) is 11.4 Å². The van der Waals surface area contributed by atoms with Gasteiger partial charge in [0.25, 0.3) is 0 Å². The lowest BCUT2D eigenvalue weighted by atomic mass is 10.0. The van der Waals surface area contributed by atoms with Crippen molar-refractivity contribution in [1.82, 2.24) is 0 Å². The van der Waals surface area contributed by atoms with Crippen LogP contribution in [0.1, 0.15) is 20.7 Å². The van der Waals surface area contributed by atoms with E-state index in [0.29, 0.717) is 11.0 Å². The number of rotatable bonds is 2. The lowest BCUT2D eigenvalue weighted by Crippen LogP contribution is -2.04. The van der Waals surface area contributed by atoms with Crippen LogP contribution in [-0.4, -0.2) is 22.2 Å². The van der Waals surface area contributed by atoms with Crippen molar-refractivity contribution < 1.29 is 19.8 Å². The molecule has 0 unspecified atom stereocenters.